The van der Waals surface area contributed by atoms with Crippen molar-refractivity contribution in [3.05, 3.63) is 30.1 Å². The molecule has 24 heavy (non-hydrogen) atoms. The van der Waals surface area contributed by atoms with E-state index in [4.69, 9.17) is 4.98 Å². The van der Waals surface area contributed by atoms with Crippen molar-refractivity contribution in [3.63, 3.8) is 0 Å². The van der Waals surface area contributed by atoms with E-state index in [-0.39, 0.29) is 0 Å². The van der Waals surface area contributed by atoms with Crippen molar-refractivity contribution in [1.82, 2.24) is 19.4 Å². The zero-order chi connectivity index (χ0) is 16.6. The van der Waals surface area contributed by atoms with Crippen molar-refractivity contribution < 1.29 is 5.11 Å². The number of aryl methyl sites for hydroxylation is 1. The molecule has 0 amide bonds. The number of hydrogen-bond donors (Lipinski definition) is 1. The van der Waals surface area contributed by atoms with Crippen molar-refractivity contribution in [2.45, 2.75) is 37.8 Å². The number of fused-ring (bicyclic) bond motifs is 1. The Morgan fingerprint density at radius 3 is 2.67 bits per heavy atom. The van der Waals surface area contributed by atoms with Crippen molar-refractivity contribution in [1.29, 1.82) is 0 Å². The van der Waals surface area contributed by atoms with Crippen LogP contribution in [0.1, 0.15) is 31.5 Å². The summed E-state index contributed by atoms with van der Waals surface area (Å²) in [5.41, 5.74) is 1.68. The van der Waals surface area contributed by atoms with Gasteiger partial charge in [0.2, 0.25) is 0 Å². The molecular weight excluding hydrogens is 300 g/mol. The van der Waals surface area contributed by atoms with Crippen LogP contribution in [0.5, 0.6) is 0 Å². The molecule has 1 aromatic carbocycles. The number of nitrogens with zero attached hydrogens (tertiary/aromatic N) is 4. The number of imidazole rings is 1. The number of likely N-dealkylation sites (tertiary alicyclic amines) is 2. The summed E-state index contributed by atoms with van der Waals surface area (Å²) in [6.45, 7) is 5.64. The number of benzene rings is 1. The lowest BCUT2D eigenvalue weighted by atomic mass is 10.0. The minimum atomic E-state index is -0.554. The summed E-state index contributed by atoms with van der Waals surface area (Å²) in [6, 6.07) is 8.27. The molecule has 1 N–H and O–H groups in total. The minimum absolute atomic E-state index is 0.554. The maximum absolute atomic E-state index is 11.0. The van der Waals surface area contributed by atoms with Crippen LogP contribution in [-0.4, -0.2) is 62.8 Å². The summed E-state index contributed by atoms with van der Waals surface area (Å²) < 4.78 is 2.18. The van der Waals surface area contributed by atoms with E-state index in [2.05, 4.69) is 39.6 Å². The fourth-order valence-corrected chi connectivity index (χ4v) is 4.28. The molecule has 0 saturated carbocycles. The molecule has 4 rings (SSSR count). The van der Waals surface area contributed by atoms with Crippen LogP contribution in [0.25, 0.3) is 11.0 Å². The zero-order valence-electron chi connectivity index (χ0n) is 14.6. The number of rotatable bonds is 4. The molecule has 0 unspecified atom stereocenters. The number of hydrogen-bond acceptors (Lipinski definition) is 4. The van der Waals surface area contributed by atoms with Gasteiger partial charge in [-0.2, -0.15) is 0 Å². The van der Waals surface area contributed by atoms with E-state index in [1.165, 1.54) is 24.8 Å². The van der Waals surface area contributed by atoms with Gasteiger partial charge in [0.25, 0.3) is 0 Å². The normalized spacial score (nSPS) is 26.4. The van der Waals surface area contributed by atoms with E-state index < -0.39 is 5.60 Å². The highest BCUT2D eigenvalue weighted by Gasteiger charge is 2.38. The van der Waals surface area contributed by atoms with Crippen LogP contribution >= 0.6 is 0 Å². The number of piperidine rings is 1. The van der Waals surface area contributed by atoms with Gasteiger partial charge in [-0.05, 0) is 44.5 Å². The van der Waals surface area contributed by atoms with Crippen molar-refractivity contribution >= 4 is 11.0 Å². The molecule has 5 nitrogen and oxygen atoms in total. The summed E-state index contributed by atoms with van der Waals surface area (Å²) >= 11 is 0. The number of aromatic nitrogens is 2. The van der Waals surface area contributed by atoms with Crippen molar-refractivity contribution in [2.24, 2.45) is 7.05 Å². The summed E-state index contributed by atoms with van der Waals surface area (Å²) in [5.74, 6) is 1.08. The third kappa shape index (κ3) is 3.21. The van der Waals surface area contributed by atoms with Crippen LogP contribution in [0, 0.1) is 0 Å². The SMILES string of the molecule is Cn1c(CN2CC[C@](O)(CN3CCCCC3)C2)nc2ccccc21. The minimum Gasteiger partial charge on any atom is -0.387 e. The van der Waals surface area contributed by atoms with Crippen LogP contribution in [0.3, 0.4) is 0 Å². The van der Waals surface area contributed by atoms with Gasteiger partial charge in [0.1, 0.15) is 5.82 Å². The zero-order valence-corrected chi connectivity index (χ0v) is 14.6. The maximum atomic E-state index is 11.0. The third-order valence-electron chi connectivity index (χ3n) is 5.62. The first-order chi connectivity index (χ1) is 11.6. The molecule has 2 aromatic rings. The van der Waals surface area contributed by atoms with Gasteiger partial charge in [-0.1, -0.05) is 18.6 Å². The summed E-state index contributed by atoms with van der Waals surface area (Å²) in [7, 11) is 2.08. The lowest BCUT2D eigenvalue weighted by molar-refractivity contribution is 0.00615. The Bertz CT molecular complexity index is 706. The van der Waals surface area contributed by atoms with E-state index >= 15 is 0 Å². The van der Waals surface area contributed by atoms with E-state index in [1.807, 2.05) is 6.07 Å². The number of para-hydroxylation sites is 2. The second-order valence-corrected chi connectivity index (χ2v) is 7.60. The smallest absolute Gasteiger partial charge is 0.123 e. The third-order valence-corrected chi connectivity index (χ3v) is 5.62. The first kappa shape index (κ1) is 16.1. The molecule has 130 valence electrons. The second kappa shape index (κ2) is 6.47. The average molecular weight is 328 g/mol. The van der Waals surface area contributed by atoms with Gasteiger partial charge in [-0.15, -0.1) is 0 Å². The number of β-amino-alcohol motifs (C(OH)–C–C–N with tert-alkyl or cyclic N) is 1. The number of aliphatic hydroxyl groups is 1. The highest BCUT2D eigenvalue weighted by Crippen LogP contribution is 2.26. The molecule has 0 bridgehead atoms. The first-order valence-electron chi connectivity index (χ1n) is 9.20. The molecule has 5 heteroatoms. The monoisotopic (exact) mass is 328 g/mol. The van der Waals surface area contributed by atoms with E-state index in [0.717, 1.165) is 57.0 Å². The highest BCUT2D eigenvalue weighted by atomic mass is 16.3. The molecule has 1 aromatic heterocycles. The maximum Gasteiger partial charge on any atom is 0.123 e. The topological polar surface area (TPSA) is 44.5 Å². The second-order valence-electron chi connectivity index (χ2n) is 7.60. The molecule has 0 spiro atoms. The van der Waals surface area contributed by atoms with Gasteiger partial charge in [-0.3, -0.25) is 4.90 Å². The van der Waals surface area contributed by atoms with E-state index in [9.17, 15) is 5.11 Å². The predicted octanol–water partition coefficient (Wildman–Crippen LogP) is 2.00. The van der Waals surface area contributed by atoms with Gasteiger partial charge in [0.15, 0.2) is 0 Å². The lowest BCUT2D eigenvalue weighted by Crippen LogP contribution is -2.46. The Labute approximate surface area is 143 Å². The Morgan fingerprint density at radius 2 is 1.88 bits per heavy atom. The van der Waals surface area contributed by atoms with Crippen molar-refractivity contribution in [2.75, 3.05) is 32.7 Å². The van der Waals surface area contributed by atoms with Crippen LogP contribution in [0.15, 0.2) is 24.3 Å². The Morgan fingerprint density at radius 1 is 1.08 bits per heavy atom. The Balaban J connectivity index is 1.41. The Kier molecular flexibility index (Phi) is 4.33. The molecular formula is C19H28N4O. The quantitative estimate of drug-likeness (QED) is 0.932. The van der Waals surface area contributed by atoms with Gasteiger partial charge < -0.3 is 14.6 Å². The molecule has 1 atom stereocenters. The summed E-state index contributed by atoms with van der Waals surface area (Å²) in [4.78, 5) is 9.57. The molecule has 0 radical (unpaired) electrons. The Hall–Kier alpha value is -1.43. The summed E-state index contributed by atoms with van der Waals surface area (Å²) in [5, 5.41) is 11.0. The van der Waals surface area contributed by atoms with Crippen LogP contribution in [0.4, 0.5) is 0 Å². The van der Waals surface area contributed by atoms with E-state index in [0.29, 0.717) is 0 Å². The fraction of sp³-hybridized carbons (Fsp3) is 0.632. The van der Waals surface area contributed by atoms with Crippen molar-refractivity contribution in [3.8, 4) is 0 Å². The van der Waals surface area contributed by atoms with Gasteiger partial charge in [-0.25, -0.2) is 4.98 Å². The van der Waals surface area contributed by atoms with Crippen LogP contribution in [0.2, 0.25) is 0 Å². The standard InChI is InChI=1S/C19H28N4O/c1-21-17-8-4-3-7-16(17)20-18(21)13-23-12-9-19(24,15-23)14-22-10-5-2-6-11-22/h3-4,7-8,24H,2,5-6,9-15H2,1H3/t19-/m0/s1. The predicted molar refractivity (Wildman–Crippen MR) is 95.8 cm³/mol. The molecule has 3 heterocycles. The molecule has 2 saturated heterocycles. The van der Waals surface area contributed by atoms with Crippen LogP contribution < -0.4 is 0 Å². The average Bonchev–Trinajstić information content (AvgIpc) is 3.10. The molecule has 2 aliphatic rings. The lowest BCUT2D eigenvalue weighted by Gasteiger charge is -2.33. The fourth-order valence-electron chi connectivity index (χ4n) is 4.28. The van der Waals surface area contributed by atoms with Gasteiger partial charge >= 0.3 is 0 Å². The highest BCUT2D eigenvalue weighted by molar-refractivity contribution is 5.75. The van der Waals surface area contributed by atoms with E-state index in [1.54, 1.807) is 0 Å². The first-order valence-corrected chi connectivity index (χ1v) is 9.20. The van der Waals surface area contributed by atoms with Gasteiger partial charge in [0, 0.05) is 26.7 Å². The molecule has 2 aliphatic heterocycles. The molecule has 0 aliphatic carbocycles. The van der Waals surface area contributed by atoms with Gasteiger partial charge in [0.05, 0.1) is 23.2 Å². The van der Waals surface area contributed by atoms with Crippen LogP contribution in [-0.2, 0) is 13.6 Å². The summed E-state index contributed by atoms with van der Waals surface area (Å²) in [6.07, 6.45) is 4.76. The largest absolute Gasteiger partial charge is 0.387 e. The molecule has 2 fully saturated rings.